The minimum absolute atomic E-state index is 0.667. The van der Waals surface area contributed by atoms with E-state index in [0.29, 0.717) is 16.5 Å². The van der Waals surface area contributed by atoms with Gasteiger partial charge in [-0.25, -0.2) is 0 Å². The Kier molecular flexibility index (Phi) is 4.66. The van der Waals surface area contributed by atoms with Crippen LogP contribution in [0.15, 0.2) is 23.1 Å². The van der Waals surface area contributed by atoms with Crippen LogP contribution in [-0.4, -0.2) is 9.78 Å². The summed E-state index contributed by atoms with van der Waals surface area (Å²) in [5.74, 6) is 0.696. The van der Waals surface area contributed by atoms with Crippen molar-refractivity contribution in [3.8, 4) is 0 Å². The molecular formula is C13H15Cl2N3S. The summed E-state index contributed by atoms with van der Waals surface area (Å²) >= 11 is 14.0. The van der Waals surface area contributed by atoms with E-state index >= 15 is 0 Å². The van der Waals surface area contributed by atoms with Crippen molar-refractivity contribution >= 4 is 40.7 Å². The molecule has 0 aliphatic rings. The number of nitrogen functional groups attached to an aromatic ring is 1. The van der Waals surface area contributed by atoms with Crippen LogP contribution in [0.5, 0.6) is 0 Å². The summed E-state index contributed by atoms with van der Waals surface area (Å²) in [5.41, 5.74) is 8.49. The molecule has 0 atom stereocenters. The number of aromatic nitrogens is 2. The van der Waals surface area contributed by atoms with Crippen molar-refractivity contribution in [2.24, 2.45) is 0 Å². The highest BCUT2D eigenvalue weighted by molar-refractivity contribution is 7.98. The molecule has 0 fully saturated rings. The van der Waals surface area contributed by atoms with Gasteiger partial charge in [-0.05, 0) is 26.0 Å². The van der Waals surface area contributed by atoms with Crippen LogP contribution in [0, 0.1) is 6.92 Å². The highest BCUT2D eigenvalue weighted by Gasteiger charge is 2.14. The van der Waals surface area contributed by atoms with Gasteiger partial charge in [0.2, 0.25) is 0 Å². The number of nitrogens with two attached hydrogens (primary N) is 1. The highest BCUT2D eigenvalue weighted by atomic mass is 35.5. The molecule has 6 heteroatoms. The molecule has 0 radical (unpaired) electrons. The van der Waals surface area contributed by atoms with E-state index in [-0.39, 0.29) is 0 Å². The molecule has 0 amide bonds. The molecule has 2 rings (SSSR count). The van der Waals surface area contributed by atoms with E-state index in [1.54, 1.807) is 11.8 Å². The SMILES string of the molecule is CCn1nc(C)c(Cl)c1CSc1c(N)cccc1Cl. The second-order valence-electron chi connectivity index (χ2n) is 4.11. The minimum atomic E-state index is 0.667. The number of hydrogen-bond acceptors (Lipinski definition) is 3. The zero-order valence-corrected chi connectivity index (χ0v) is 13.1. The van der Waals surface area contributed by atoms with E-state index < -0.39 is 0 Å². The van der Waals surface area contributed by atoms with Gasteiger partial charge in [0.15, 0.2) is 0 Å². The van der Waals surface area contributed by atoms with Crippen molar-refractivity contribution in [2.45, 2.75) is 31.0 Å². The van der Waals surface area contributed by atoms with Crippen molar-refractivity contribution in [3.05, 3.63) is 39.6 Å². The zero-order chi connectivity index (χ0) is 14.0. The molecule has 0 bridgehead atoms. The molecule has 1 aromatic heterocycles. The number of hydrogen-bond donors (Lipinski definition) is 1. The van der Waals surface area contributed by atoms with E-state index in [1.807, 2.05) is 36.7 Å². The van der Waals surface area contributed by atoms with Gasteiger partial charge in [0, 0.05) is 22.9 Å². The zero-order valence-electron chi connectivity index (χ0n) is 10.8. The first-order valence-electron chi connectivity index (χ1n) is 5.93. The fraction of sp³-hybridized carbons (Fsp3) is 0.308. The first-order chi connectivity index (χ1) is 9.04. The fourth-order valence-electron chi connectivity index (χ4n) is 1.83. The number of rotatable bonds is 4. The van der Waals surface area contributed by atoms with Crippen LogP contribution in [0.1, 0.15) is 18.3 Å². The van der Waals surface area contributed by atoms with Crippen molar-refractivity contribution < 1.29 is 0 Å². The van der Waals surface area contributed by atoms with Gasteiger partial charge in [-0.2, -0.15) is 5.10 Å². The molecule has 0 spiro atoms. The maximum atomic E-state index is 6.28. The molecule has 1 heterocycles. The largest absolute Gasteiger partial charge is 0.398 e. The Morgan fingerprint density at radius 1 is 1.37 bits per heavy atom. The fourth-order valence-corrected chi connectivity index (χ4v) is 3.47. The van der Waals surface area contributed by atoms with E-state index in [4.69, 9.17) is 28.9 Å². The Morgan fingerprint density at radius 3 is 2.74 bits per heavy atom. The molecular weight excluding hydrogens is 301 g/mol. The summed E-state index contributed by atoms with van der Waals surface area (Å²) in [6, 6.07) is 5.53. The molecule has 2 N–H and O–H groups in total. The lowest BCUT2D eigenvalue weighted by Crippen LogP contribution is -2.02. The van der Waals surface area contributed by atoms with Crippen LogP contribution in [0.3, 0.4) is 0 Å². The van der Waals surface area contributed by atoms with Gasteiger partial charge in [0.25, 0.3) is 0 Å². The number of thioether (sulfide) groups is 1. The van der Waals surface area contributed by atoms with Gasteiger partial charge in [-0.1, -0.05) is 29.3 Å². The van der Waals surface area contributed by atoms with Crippen LogP contribution in [0.25, 0.3) is 0 Å². The maximum Gasteiger partial charge on any atom is 0.0855 e. The predicted octanol–water partition coefficient (Wildman–Crippen LogP) is 4.39. The normalized spacial score (nSPS) is 10.9. The minimum Gasteiger partial charge on any atom is -0.398 e. The first kappa shape index (κ1) is 14.6. The van der Waals surface area contributed by atoms with Gasteiger partial charge in [-0.15, -0.1) is 11.8 Å². The Morgan fingerprint density at radius 2 is 2.11 bits per heavy atom. The molecule has 3 nitrogen and oxygen atoms in total. The van der Waals surface area contributed by atoms with Crippen molar-refractivity contribution in [2.75, 3.05) is 5.73 Å². The van der Waals surface area contributed by atoms with Crippen LogP contribution in [-0.2, 0) is 12.3 Å². The standard InChI is InChI=1S/C13H15Cl2N3S/c1-3-18-11(12(15)8(2)17-18)7-19-13-9(14)5-4-6-10(13)16/h4-6H,3,7,16H2,1-2H3. The smallest absolute Gasteiger partial charge is 0.0855 e. The van der Waals surface area contributed by atoms with Crippen LogP contribution in [0.2, 0.25) is 10.0 Å². The number of halogens is 2. The first-order valence-corrected chi connectivity index (χ1v) is 7.67. The molecule has 102 valence electrons. The van der Waals surface area contributed by atoms with Crippen LogP contribution < -0.4 is 5.73 Å². The topological polar surface area (TPSA) is 43.8 Å². The monoisotopic (exact) mass is 315 g/mol. The molecule has 1 aromatic carbocycles. The average molecular weight is 316 g/mol. The van der Waals surface area contributed by atoms with Crippen LogP contribution in [0.4, 0.5) is 5.69 Å². The summed E-state index contributed by atoms with van der Waals surface area (Å²) < 4.78 is 1.91. The van der Waals surface area contributed by atoms with E-state index in [1.165, 1.54) is 0 Å². The van der Waals surface area contributed by atoms with Gasteiger partial charge >= 0.3 is 0 Å². The third-order valence-electron chi connectivity index (χ3n) is 2.80. The summed E-state index contributed by atoms with van der Waals surface area (Å²) in [4.78, 5) is 0.890. The number of aryl methyl sites for hydroxylation is 2. The number of nitrogens with zero attached hydrogens (tertiary/aromatic N) is 2. The Hall–Kier alpha value is -0.840. The summed E-state index contributed by atoms with van der Waals surface area (Å²) in [6.45, 7) is 4.74. The summed E-state index contributed by atoms with van der Waals surface area (Å²) in [5, 5.41) is 5.78. The molecule has 0 saturated carbocycles. The van der Waals surface area contributed by atoms with E-state index in [0.717, 1.165) is 27.9 Å². The predicted molar refractivity (Wildman–Crippen MR) is 83.1 cm³/mol. The van der Waals surface area contributed by atoms with Crippen molar-refractivity contribution in [3.63, 3.8) is 0 Å². The third kappa shape index (κ3) is 3.02. The number of anilines is 1. The summed E-state index contributed by atoms with van der Waals surface area (Å²) in [7, 11) is 0. The average Bonchev–Trinajstić information content (AvgIpc) is 2.65. The van der Waals surface area contributed by atoms with Gasteiger partial charge < -0.3 is 5.73 Å². The van der Waals surface area contributed by atoms with E-state index in [2.05, 4.69) is 5.10 Å². The van der Waals surface area contributed by atoms with Gasteiger partial charge in [0.05, 0.1) is 21.4 Å². The molecule has 0 unspecified atom stereocenters. The third-order valence-corrected chi connectivity index (χ3v) is 4.88. The molecule has 0 saturated heterocycles. The molecule has 0 aliphatic heterocycles. The molecule has 0 aliphatic carbocycles. The van der Waals surface area contributed by atoms with Gasteiger partial charge in [0.1, 0.15) is 0 Å². The highest BCUT2D eigenvalue weighted by Crippen LogP contribution is 2.36. The number of benzene rings is 1. The Labute approximate surface area is 127 Å². The maximum absolute atomic E-state index is 6.28. The Bertz CT molecular complexity index is 576. The van der Waals surface area contributed by atoms with E-state index in [9.17, 15) is 0 Å². The van der Waals surface area contributed by atoms with Gasteiger partial charge in [-0.3, -0.25) is 4.68 Å². The van der Waals surface area contributed by atoms with Crippen molar-refractivity contribution in [1.82, 2.24) is 9.78 Å². The summed E-state index contributed by atoms with van der Waals surface area (Å²) in [6.07, 6.45) is 0. The lowest BCUT2D eigenvalue weighted by atomic mass is 10.3. The van der Waals surface area contributed by atoms with Crippen LogP contribution >= 0.6 is 35.0 Å². The molecule has 2 aromatic rings. The quantitative estimate of drug-likeness (QED) is 0.672. The molecule has 19 heavy (non-hydrogen) atoms. The lowest BCUT2D eigenvalue weighted by Gasteiger charge is -2.09. The lowest BCUT2D eigenvalue weighted by molar-refractivity contribution is 0.632. The second kappa shape index (κ2) is 6.07. The van der Waals surface area contributed by atoms with Crippen molar-refractivity contribution in [1.29, 1.82) is 0 Å². The second-order valence-corrected chi connectivity index (χ2v) is 5.88. The Balaban J connectivity index is 2.24.